The summed E-state index contributed by atoms with van der Waals surface area (Å²) in [6.45, 7) is 10.0. The molecule has 0 spiro atoms. The molecule has 2 amide bonds. The van der Waals surface area contributed by atoms with Gasteiger partial charge in [-0.3, -0.25) is 9.59 Å². The predicted octanol–water partition coefficient (Wildman–Crippen LogP) is 6.02. The van der Waals surface area contributed by atoms with E-state index < -0.39 is 5.41 Å². The van der Waals surface area contributed by atoms with Gasteiger partial charge in [-0.2, -0.15) is 0 Å². The molecule has 7 heteroatoms. The third-order valence-electron chi connectivity index (χ3n) is 6.65. The molecule has 0 unspecified atom stereocenters. The highest BCUT2D eigenvalue weighted by Gasteiger charge is 2.28. The minimum absolute atomic E-state index is 0.0414. The van der Waals surface area contributed by atoms with E-state index in [1.165, 1.54) is 12.8 Å². The lowest BCUT2D eigenvalue weighted by Crippen LogP contribution is -2.42. The smallest absolute Gasteiger partial charge is 0.253 e. The number of anilines is 1. The number of benzene rings is 2. The van der Waals surface area contributed by atoms with E-state index in [0.717, 1.165) is 49.2 Å². The molecule has 1 aliphatic rings. The maximum absolute atomic E-state index is 12.9. The first-order chi connectivity index (χ1) is 17.2. The number of hydrogen-bond acceptors (Lipinski definition) is 4. The van der Waals surface area contributed by atoms with Crippen LogP contribution in [0.25, 0.3) is 0 Å². The van der Waals surface area contributed by atoms with Gasteiger partial charge in [0.1, 0.15) is 5.75 Å². The van der Waals surface area contributed by atoms with Crippen molar-refractivity contribution in [2.45, 2.75) is 66.2 Å². The average molecular weight is 510 g/mol. The van der Waals surface area contributed by atoms with E-state index in [4.69, 9.17) is 17.0 Å². The Morgan fingerprint density at radius 2 is 1.75 bits per heavy atom. The van der Waals surface area contributed by atoms with Crippen molar-refractivity contribution >= 4 is 34.8 Å². The molecule has 1 heterocycles. The number of carbonyl (C=O) groups is 2. The van der Waals surface area contributed by atoms with Crippen LogP contribution in [0.3, 0.4) is 0 Å². The molecule has 2 aromatic rings. The summed E-state index contributed by atoms with van der Waals surface area (Å²) < 4.78 is 5.93. The van der Waals surface area contributed by atoms with Gasteiger partial charge in [0.05, 0.1) is 6.61 Å². The minimum Gasteiger partial charge on any atom is -0.493 e. The molecule has 2 aromatic carbocycles. The Balaban J connectivity index is 1.48. The van der Waals surface area contributed by atoms with Gasteiger partial charge in [0, 0.05) is 29.8 Å². The molecule has 0 aliphatic carbocycles. The first-order valence-electron chi connectivity index (χ1n) is 12.9. The first-order valence-corrected chi connectivity index (χ1v) is 13.3. The molecule has 0 bridgehead atoms. The van der Waals surface area contributed by atoms with E-state index in [-0.39, 0.29) is 16.9 Å². The Morgan fingerprint density at radius 1 is 1.03 bits per heavy atom. The van der Waals surface area contributed by atoms with Crippen LogP contribution < -0.4 is 15.4 Å². The molecule has 0 radical (unpaired) electrons. The molecule has 1 aliphatic heterocycles. The minimum atomic E-state index is -0.610. The molecule has 0 saturated carbocycles. The monoisotopic (exact) mass is 509 g/mol. The Hall–Kier alpha value is -2.93. The van der Waals surface area contributed by atoms with Crippen LogP contribution in [0, 0.1) is 19.3 Å². The highest BCUT2D eigenvalue weighted by Crippen LogP contribution is 2.24. The zero-order chi connectivity index (χ0) is 26.1. The van der Waals surface area contributed by atoms with E-state index in [1.807, 2.05) is 56.9 Å². The van der Waals surface area contributed by atoms with Gasteiger partial charge in [-0.15, -0.1) is 0 Å². The largest absolute Gasteiger partial charge is 0.493 e. The molecule has 0 atom stereocenters. The zero-order valence-corrected chi connectivity index (χ0v) is 22.8. The fourth-order valence-corrected chi connectivity index (χ4v) is 4.50. The fraction of sp³-hybridized carbons (Fsp3) is 0.483. The number of rotatable bonds is 8. The van der Waals surface area contributed by atoms with E-state index in [0.29, 0.717) is 24.3 Å². The second-order valence-electron chi connectivity index (χ2n) is 10.3. The maximum Gasteiger partial charge on any atom is 0.253 e. The molecule has 194 valence electrons. The number of thiocarbonyl (C=S) groups is 1. The fourth-order valence-electron chi connectivity index (χ4n) is 4.29. The molecule has 1 fully saturated rings. The standard InChI is InChI=1S/C29H39N3O3S/c1-21-13-14-22(2)25(19-21)35-18-10-15-29(3,4)27(34)31-28(36)30-24-12-9-11-23(20-24)26(33)32-16-7-5-6-8-17-32/h9,11-14,19-20H,5-8,10,15-18H2,1-4H3,(H2,30,31,34,36). The van der Waals surface area contributed by atoms with Gasteiger partial charge in [-0.25, -0.2) is 0 Å². The van der Waals surface area contributed by atoms with Crippen LogP contribution in [0.2, 0.25) is 0 Å². The molecular weight excluding hydrogens is 470 g/mol. The molecule has 6 nitrogen and oxygen atoms in total. The number of amides is 2. The number of nitrogens with one attached hydrogen (secondary N) is 2. The maximum atomic E-state index is 12.9. The molecule has 36 heavy (non-hydrogen) atoms. The topological polar surface area (TPSA) is 70.7 Å². The summed E-state index contributed by atoms with van der Waals surface area (Å²) in [7, 11) is 0. The summed E-state index contributed by atoms with van der Waals surface area (Å²) in [4.78, 5) is 27.8. The summed E-state index contributed by atoms with van der Waals surface area (Å²) in [5.74, 6) is 0.780. The van der Waals surface area contributed by atoms with Crippen molar-refractivity contribution in [3.05, 3.63) is 59.2 Å². The van der Waals surface area contributed by atoms with Crippen molar-refractivity contribution < 1.29 is 14.3 Å². The third kappa shape index (κ3) is 8.05. The summed E-state index contributed by atoms with van der Waals surface area (Å²) in [5.41, 5.74) is 2.96. The van der Waals surface area contributed by atoms with Crippen LogP contribution in [0.15, 0.2) is 42.5 Å². The number of hydrogen-bond donors (Lipinski definition) is 2. The van der Waals surface area contributed by atoms with E-state index in [1.54, 1.807) is 6.07 Å². The van der Waals surface area contributed by atoms with Gasteiger partial charge < -0.3 is 20.3 Å². The first kappa shape index (κ1) is 27.7. The second-order valence-corrected chi connectivity index (χ2v) is 10.7. The summed E-state index contributed by atoms with van der Waals surface area (Å²) in [6, 6.07) is 13.4. The van der Waals surface area contributed by atoms with Crippen molar-refractivity contribution in [2.24, 2.45) is 5.41 Å². The number of likely N-dealkylation sites (tertiary alicyclic amines) is 1. The van der Waals surface area contributed by atoms with Crippen molar-refractivity contribution in [3.63, 3.8) is 0 Å². The van der Waals surface area contributed by atoms with Crippen molar-refractivity contribution in [2.75, 3.05) is 25.0 Å². The van der Waals surface area contributed by atoms with E-state index in [9.17, 15) is 9.59 Å². The van der Waals surface area contributed by atoms with Gasteiger partial charge in [0.2, 0.25) is 5.91 Å². The second kappa shape index (κ2) is 12.9. The quantitative estimate of drug-likeness (QED) is 0.336. The van der Waals surface area contributed by atoms with Crippen LogP contribution in [0.4, 0.5) is 5.69 Å². The number of ether oxygens (including phenoxy) is 1. The molecule has 1 saturated heterocycles. The Kier molecular flexibility index (Phi) is 9.88. The van der Waals surface area contributed by atoms with Crippen LogP contribution in [-0.4, -0.2) is 41.5 Å². The predicted molar refractivity (Wildman–Crippen MR) is 150 cm³/mol. The van der Waals surface area contributed by atoms with Crippen LogP contribution in [0.5, 0.6) is 5.75 Å². The summed E-state index contributed by atoms with van der Waals surface area (Å²) in [6.07, 6.45) is 5.85. The Morgan fingerprint density at radius 3 is 2.47 bits per heavy atom. The number of aryl methyl sites for hydroxylation is 2. The van der Waals surface area contributed by atoms with Gasteiger partial charge >= 0.3 is 0 Å². The number of carbonyl (C=O) groups excluding carboxylic acids is 2. The molecule has 3 rings (SSSR count). The zero-order valence-electron chi connectivity index (χ0n) is 22.0. The lowest BCUT2D eigenvalue weighted by atomic mass is 9.87. The van der Waals surface area contributed by atoms with Crippen LogP contribution in [-0.2, 0) is 4.79 Å². The highest BCUT2D eigenvalue weighted by molar-refractivity contribution is 7.80. The van der Waals surface area contributed by atoms with E-state index in [2.05, 4.69) is 22.8 Å². The van der Waals surface area contributed by atoms with Crippen molar-refractivity contribution in [1.82, 2.24) is 10.2 Å². The molecule has 2 N–H and O–H groups in total. The van der Waals surface area contributed by atoms with Gasteiger partial charge in [-0.05, 0) is 87.1 Å². The van der Waals surface area contributed by atoms with Crippen molar-refractivity contribution in [1.29, 1.82) is 0 Å². The molecule has 0 aromatic heterocycles. The number of nitrogens with zero attached hydrogens (tertiary/aromatic N) is 1. The highest BCUT2D eigenvalue weighted by atomic mass is 32.1. The van der Waals surface area contributed by atoms with Crippen molar-refractivity contribution in [3.8, 4) is 5.75 Å². The Bertz CT molecular complexity index is 1080. The van der Waals surface area contributed by atoms with Gasteiger partial charge in [0.15, 0.2) is 5.11 Å². The van der Waals surface area contributed by atoms with Crippen LogP contribution in [0.1, 0.15) is 73.9 Å². The average Bonchev–Trinajstić information content (AvgIpc) is 3.13. The summed E-state index contributed by atoms with van der Waals surface area (Å²) in [5, 5.41) is 6.09. The lowest BCUT2D eigenvalue weighted by Gasteiger charge is -2.24. The SMILES string of the molecule is Cc1ccc(C)c(OCCCC(C)(C)C(=O)NC(=S)Nc2cccc(C(=O)N3CCCCCC3)c2)c1. The summed E-state index contributed by atoms with van der Waals surface area (Å²) >= 11 is 5.40. The lowest BCUT2D eigenvalue weighted by molar-refractivity contribution is -0.128. The van der Waals surface area contributed by atoms with Gasteiger partial charge in [-0.1, -0.05) is 44.9 Å². The van der Waals surface area contributed by atoms with Gasteiger partial charge in [0.25, 0.3) is 5.91 Å². The normalized spacial score (nSPS) is 14.1. The Labute approximate surface area is 220 Å². The molecular formula is C29H39N3O3S. The third-order valence-corrected chi connectivity index (χ3v) is 6.85. The van der Waals surface area contributed by atoms with E-state index >= 15 is 0 Å². The van der Waals surface area contributed by atoms with Crippen LogP contribution >= 0.6 is 12.2 Å².